The van der Waals surface area contributed by atoms with Gasteiger partial charge in [-0.1, -0.05) is 12.1 Å². The number of carbonyl (C=O) groups is 1. The SMILES string of the molecule is Cl.O=C(C1CNCCO1)N1CCC(Cc2cccc(F)c2)CC1. The number of likely N-dealkylation sites (tertiary alicyclic amines) is 1. The zero-order chi connectivity index (χ0) is 15.4. The molecule has 6 heteroatoms. The Kier molecular flexibility index (Phi) is 6.81. The van der Waals surface area contributed by atoms with Gasteiger partial charge in [-0.15, -0.1) is 12.4 Å². The summed E-state index contributed by atoms with van der Waals surface area (Å²) in [5, 5.41) is 3.19. The highest BCUT2D eigenvalue weighted by Gasteiger charge is 2.29. The van der Waals surface area contributed by atoms with Crippen molar-refractivity contribution in [1.29, 1.82) is 0 Å². The van der Waals surface area contributed by atoms with Crippen LogP contribution in [0.2, 0.25) is 0 Å². The van der Waals surface area contributed by atoms with E-state index in [1.165, 1.54) is 6.07 Å². The largest absolute Gasteiger partial charge is 0.366 e. The van der Waals surface area contributed by atoms with Crippen molar-refractivity contribution in [1.82, 2.24) is 10.2 Å². The van der Waals surface area contributed by atoms with Crippen molar-refractivity contribution >= 4 is 18.3 Å². The first kappa shape index (κ1) is 18.2. The smallest absolute Gasteiger partial charge is 0.253 e. The van der Waals surface area contributed by atoms with Gasteiger partial charge in [0.05, 0.1) is 6.61 Å². The monoisotopic (exact) mass is 342 g/mol. The van der Waals surface area contributed by atoms with Gasteiger partial charge in [-0.05, 0) is 42.9 Å². The third-order valence-corrected chi connectivity index (χ3v) is 4.54. The van der Waals surface area contributed by atoms with E-state index in [0.717, 1.165) is 44.5 Å². The lowest BCUT2D eigenvalue weighted by Crippen LogP contribution is -2.51. The van der Waals surface area contributed by atoms with Crippen LogP contribution >= 0.6 is 12.4 Å². The van der Waals surface area contributed by atoms with E-state index in [9.17, 15) is 9.18 Å². The first-order chi connectivity index (χ1) is 10.7. The lowest BCUT2D eigenvalue weighted by Gasteiger charge is -2.35. The quantitative estimate of drug-likeness (QED) is 0.913. The van der Waals surface area contributed by atoms with Crippen LogP contribution in [0, 0.1) is 11.7 Å². The van der Waals surface area contributed by atoms with E-state index in [1.807, 2.05) is 11.0 Å². The second-order valence-electron chi connectivity index (χ2n) is 6.17. The number of nitrogens with one attached hydrogen (secondary N) is 1. The molecule has 0 spiro atoms. The summed E-state index contributed by atoms with van der Waals surface area (Å²) < 4.78 is 18.8. The summed E-state index contributed by atoms with van der Waals surface area (Å²) in [5.74, 6) is 0.458. The molecule has 1 unspecified atom stereocenters. The lowest BCUT2D eigenvalue weighted by molar-refractivity contribution is -0.146. The van der Waals surface area contributed by atoms with E-state index < -0.39 is 0 Å². The summed E-state index contributed by atoms with van der Waals surface area (Å²) >= 11 is 0. The van der Waals surface area contributed by atoms with Gasteiger partial charge in [0.25, 0.3) is 5.91 Å². The molecule has 23 heavy (non-hydrogen) atoms. The first-order valence-electron chi connectivity index (χ1n) is 8.08. The van der Waals surface area contributed by atoms with E-state index in [0.29, 0.717) is 19.1 Å². The van der Waals surface area contributed by atoms with Crippen molar-refractivity contribution in [2.75, 3.05) is 32.8 Å². The topological polar surface area (TPSA) is 41.6 Å². The second-order valence-corrected chi connectivity index (χ2v) is 6.17. The summed E-state index contributed by atoms with van der Waals surface area (Å²) in [7, 11) is 0. The number of carbonyl (C=O) groups excluding carboxylic acids is 1. The second kappa shape index (κ2) is 8.62. The predicted octanol–water partition coefficient (Wildman–Crippen LogP) is 2.02. The highest BCUT2D eigenvalue weighted by molar-refractivity contribution is 5.85. The molecule has 1 aromatic carbocycles. The van der Waals surface area contributed by atoms with E-state index in [1.54, 1.807) is 12.1 Å². The fourth-order valence-corrected chi connectivity index (χ4v) is 3.28. The lowest BCUT2D eigenvalue weighted by atomic mass is 9.90. The molecule has 1 atom stereocenters. The third-order valence-electron chi connectivity index (χ3n) is 4.54. The molecule has 1 aromatic rings. The van der Waals surface area contributed by atoms with Gasteiger partial charge in [0.1, 0.15) is 11.9 Å². The molecule has 2 heterocycles. The normalized spacial score (nSPS) is 22.5. The van der Waals surface area contributed by atoms with Crippen LogP contribution in [0.25, 0.3) is 0 Å². The minimum Gasteiger partial charge on any atom is -0.366 e. The van der Waals surface area contributed by atoms with Crippen molar-refractivity contribution in [3.8, 4) is 0 Å². The average molecular weight is 343 g/mol. The summed E-state index contributed by atoms with van der Waals surface area (Å²) in [4.78, 5) is 14.3. The third kappa shape index (κ3) is 4.90. The Morgan fingerprint density at radius 1 is 1.35 bits per heavy atom. The van der Waals surface area contributed by atoms with Crippen molar-refractivity contribution < 1.29 is 13.9 Å². The fraction of sp³-hybridized carbons (Fsp3) is 0.588. The molecular formula is C17H24ClFN2O2. The molecular weight excluding hydrogens is 319 g/mol. The van der Waals surface area contributed by atoms with Crippen LogP contribution in [-0.2, 0) is 16.0 Å². The number of hydrogen-bond donors (Lipinski definition) is 1. The molecule has 0 bridgehead atoms. The van der Waals surface area contributed by atoms with Crippen LogP contribution < -0.4 is 5.32 Å². The number of hydrogen-bond acceptors (Lipinski definition) is 3. The van der Waals surface area contributed by atoms with Crippen molar-refractivity contribution in [2.24, 2.45) is 5.92 Å². The minimum absolute atomic E-state index is 0. The number of ether oxygens (including phenoxy) is 1. The maximum absolute atomic E-state index is 13.2. The van der Waals surface area contributed by atoms with Crippen molar-refractivity contribution in [2.45, 2.75) is 25.4 Å². The van der Waals surface area contributed by atoms with Crippen LogP contribution in [-0.4, -0.2) is 49.7 Å². The predicted molar refractivity (Wildman–Crippen MR) is 89.3 cm³/mol. The summed E-state index contributed by atoms with van der Waals surface area (Å²) in [5.41, 5.74) is 1.05. The summed E-state index contributed by atoms with van der Waals surface area (Å²) in [6.45, 7) is 3.59. The number of rotatable bonds is 3. The van der Waals surface area contributed by atoms with Gasteiger partial charge in [0, 0.05) is 26.2 Å². The molecule has 2 fully saturated rings. The Labute approximate surface area is 142 Å². The number of benzene rings is 1. The summed E-state index contributed by atoms with van der Waals surface area (Å²) in [6, 6.07) is 6.82. The van der Waals surface area contributed by atoms with Gasteiger partial charge in [-0.3, -0.25) is 4.79 Å². The van der Waals surface area contributed by atoms with Crippen molar-refractivity contribution in [3.05, 3.63) is 35.6 Å². The number of nitrogens with zero attached hydrogens (tertiary/aromatic N) is 1. The van der Waals surface area contributed by atoms with E-state index in [-0.39, 0.29) is 30.2 Å². The van der Waals surface area contributed by atoms with Crippen LogP contribution in [0.3, 0.4) is 0 Å². The Hall–Kier alpha value is -1.17. The van der Waals surface area contributed by atoms with Gasteiger partial charge in [-0.2, -0.15) is 0 Å². The van der Waals surface area contributed by atoms with Crippen LogP contribution in [0.5, 0.6) is 0 Å². The molecule has 0 aromatic heterocycles. The molecule has 0 aliphatic carbocycles. The van der Waals surface area contributed by atoms with E-state index in [2.05, 4.69) is 5.32 Å². The van der Waals surface area contributed by atoms with Crippen LogP contribution in [0.15, 0.2) is 24.3 Å². The van der Waals surface area contributed by atoms with Gasteiger partial charge in [0.15, 0.2) is 0 Å². The van der Waals surface area contributed by atoms with E-state index >= 15 is 0 Å². The van der Waals surface area contributed by atoms with Gasteiger partial charge in [-0.25, -0.2) is 4.39 Å². The molecule has 0 saturated carbocycles. The minimum atomic E-state index is -0.325. The maximum Gasteiger partial charge on any atom is 0.253 e. The Balaban J connectivity index is 0.00000192. The number of morpholine rings is 1. The first-order valence-corrected chi connectivity index (χ1v) is 8.08. The molecule has 0 radical (unpaired) electrons. The van der Waals surface area contributed by atoms with Crippen LogP contribution in [0.1, 0.15) is 18.4 Å². The molecule has 2 saturated heterocycles. The van der Waals surface area contributed by atoms with Gasteiger partial charge >= 0.3 is 0 Å². The molecule has 1 amide bonds. The fourth-order valence-electron chi connectivity index (χ4n) is 3.28. The highest BCUT2D eigenvalue weighted by atomic mass is 35.5. The molecule has 2 aliphatic rings. The maximum atomic E-state index is 13.2. The molecule has 4 nitrogen and oxygen atoms in total. The Morgan fingerprint density at radius 2 is 2.13 bits per heavy atom. The number of amides is 1. The molecule has 2 aliphatic heterocycles. The standard InChI is InChI=1S/C17H23FN2O2.ClH/c18-15-3-1-2-14(11-15)10-13-4-7-20(8-5-13)17(21)16-12-19-6-9-22-16;/h1-3,11,13,16,19H,4-10,12H2;1H. The Bertz CT molecular complexity index is 515. The zero-order valence-corrected chi connectivity index (χ0v) is 14.0. The molecule has 1 N–H and O–H groups in total. The number of piperidine rings is 1. The van der Waals surface area contributed by atoms with Crippen LogP contribution in [0.4, 0.5) is 4.39 Å². The number of halogens is 2. The highest BCUT2D eigenvalue weighted by Crippen LogP contribution is 2.22. The van der Waals surface area contributed by atoms with E-state index in [4.69, 9.17) is 4.74 Å². The average Bonchev–Trinajstić information content (AvgIpc) is 2.56. The van der Waals surface area contributed by atoms with Gasteiger partial charge < -0.3 is 15.0 Å². The Morgan fingerprint density at radius 3 is 2.78 bits per heavy atom. The summed E-state index contributed by atoms with van der Waals surface area (Å²) in [6.07, 6.45) is 2.51. The van der Waals surface area contributed by atoms with Crippen molar-refractivity contribution in [3.63, 3.8) is 0 Å². The zero-order valence-electron chi connectivity index (χ0n) is 13.2. The van der Waals surface area contributed by atoms with Gasteiger partial charge in [0.2, 0.25) is 0 Å². The molecule has 128 valence electrons. The molecule has 3 rings (SSSR count).